The van der Waals surface area contributed by atoms with Crippen LogP contribution in [-0.2, 0) is 14.3 Å². The summed E-state index contributed by atoms with van der Waals surface area (Å²) in [5, 5.41) is 5.22. The molecule has 0 aromatic heterocycles. The van der Waals surface area contributed by atoms with Crippen molar-refractivity contribution in [3.05, 3.63) is 58.9 Å². The van der Waals surface area contributed by atoms with Gasteiger partial charge in [-0.3, -0.25) is 9.59 Å². The molecule has 0 spiro atoms. The van der Waals surface area contributed by atoms with Crippen LogP contribution in [0.3, 0.4) is 0 Å². The Bertz CT molecular complexity index is 899. The zero-order valence-corrected chi connectivity index (χ0v) is 15.7. The van der Waals surface area contributed by atoms with Crippen LogP contribution >= 0.6 is 11.6 Å². The fourth-order valence-corrected chi connectivity index (χ4v) is 2.27. The number of halogens is 2. The van der Waals surface area contributed by atoms with E-state index in [-0.39, 0.29) is 22.0 Å². The second kappa shape index (κ2) is 8.18. The first-order valence-corrected chi connectivity index (χ1v) is 8.29. The van der Waals surface area contributed by atoms with Crippen LogP contribution in [0.5, 0.6) is 0 Å². The molecule has 2 aromatic carbocycles. The van der Waals surface area contributed by atoms with Gasteiger partial charge in [0, 0.05) is 5.69 Å². The van der Waals surface area contributed by atoms with E-state index >= 15 is 0 Å². The molecule has 2 rings (SSSR count). The summed E-state index contributed by atoms with van der Waals surface area (Å²) in [6.45, 7) is 2.82. The number of hydrogen-bond donors (Lipinski definition) is 2. The van der Waals surface area contributed by atoms with E-state index in [0.717, 1.165) is 6.07 Å². The molecule has 27 heavy (non-hydrogen) atoms. The average Bonchev–Trinajstić information content (AvgIpc) is 2.62. The molecular formula is C19H18ClFN2O4. The maximum absolute atomic E-state index is 13.3. The first-order valence-electron chi connectivity index (χ1n) is 7.91. The standard InChI is InChI=1S/C19H18ClFN2O4/c1-19(2,17(25)22-13-6-4-5-12(21)10-13)18(26)23-15-9-11(16(24)27-3)7-8-14(15)20/h4-10H,1-3H3,(H,22,25)(H,23,26). The van der Waals surface area contributed by atoms with Crippen LogP contribution in [0.1, 0.15) is 24.2 Å². The summed E-state index contributed by atoms with van der Waals surface area (Å²) < 4.78 is 17.9. The van der Waals surface area contributed by atoms with Crippen molar-refractivity contribution in [1.29, 1.82) is 0 Å². The Balaban J connectivity index is 2.18. The second-order valence-corrected chi connectivity index (χ2v) is 6.64. The summed E-state index contributed by atoms with van der Waals surface area (Å²) >= 11 is 6.06. The molecule has 0 aliphatic carbocycles. The largest absolute Gasteiger partial charge is 0.465 e. The highest BCUT2D eigenvalue weighted by Crippen LogP contribution is 2.27. The van der Waals surface area contributed by atoms with Crippen LogP contribution in [0, 0.1) is 11.2 Å². The Morgan fingerprint density at radius 3 is 2.33 bits per heavy atom. The lowest BCUT2D eigenvalue weighted by molar-refractivity contribution is -0.135. The van der Waals surface area contributed by atoms with Crippen molar-refractivity contribution in [2.75, 3.05) is 17.7 Å². The lowest BCUT2D eigenvalue weighted by Gasteiger charge is -2.23. The lowest BCUT2D eigenvalue weighted by Crippen LogP contribution is -2.41. The van der Waals surface area contributed by atoms with Crippen molar-refractivity contribution in [2.45, 2.75) is 13.8 Å². The monoisotopic (exact) mass is 392 g/mol. The molecule has 2 amide bonds. The first kappa shape index (κ1) is 20.4. The molecule has 6 nitrogen and oxygen atoms in total. The highest BCUT2D eigenvalue weighted by molar-refractivity contribution is 6.34. The van der Waals surface area contributed by atoms with Crippen LogP contribution in [0.4, 0.5) is 15.8 Å². The third-order valence-electron chi connectivity index (χ3n) is 3.85. The predicted molar refractivity (Wildman–Crippen MR) is 100 cm³/mol. The number of ether oxygens (including phenoxy) is 1. The zero-order valence-electron chi connectivity index (χ0n) is 14.9. The van der Waals surface area contributed by atoms with Gasteiger partial charge in [0.05, 0.1) is 23.4 Å². The quantitative estimate of drug-likeness (QED) is 0.597. The van der Waals surface area contributed by atoms with Gasteiger partial charge in [-0.15, -0.1) is 0 Å². The van der Waals surface area contributed by atoms with Crippen LogP contribution < -0.4 is 10.6 Å². The van der Waals surface area contributed by atoms with Gasteiger partial charge in [-0.25, -0.2) is 9.18 Å². The molecule has 0 radical (unpaired) electrons. The molecule has 0 heterocycles. The molecule has 0 aliphatic rings. The number of nitrogens with one attached hydrogen (secondary N) is 2. The third kappa shape index (κ3) is 4.83. The van der Waals surface area contributed by atoms with E-state index in [1.165, 1.54) is 57.4 Å². The predicted octanol–water partition coefficient (Wildman–Crippen LogP) is 3.87. The number of esters is 1. The molecule has 0 atom stereocenters. The van der Waals surface area contributed by atoms with Gasteiger partial charge in [-0.2, -0.15) is 0 Å². The van der Waals surface area contributed by atoms with E-state index in [2.05, 4.69) is 15.4 Å². The maximum atomic E-state index is 13.3. The highest BCUT2D eigenvalue weighted by Gasteiger charge is 2.36. The minimum Gasteiger partial charge on any atom is -0.465 e. The molecule has 0 unspecified atom stereocenters. The number of methoxy groups -OCH3 is 1. The number of amides is 2. The Hall–Kier alpha value is -2.93. The van der Waals surface area contributed by atoms with Gasteiger partial charge >= 0.3 is 5.97 Å². The zero-order chi connectivity index (χ0) is 20.2. The minimum atomic E-state index is -1.50. The fraction of sp³-hybridized carbons (Fsp3) is 0.211. The van der Waals surface area contributed by atoms with Gasteiger partial charge in [0.1, 0.15) is 11.2 Å². The Morgan fingerprint density at radius 2 is 1.70 bits per heavy atom. The van der Waals surface area contributed by atoms with Crippen molar-refractivity contribution in [3.63, 3.8) is 0 Å². The molecular weight excluding hydrogens is 375 g/mol. The Labute approximate surface area is 160 Å². The van der Waals surface area contributed by atoms with Crippen molar-refractivity contribution < 1.29 is 23.5 Å². The number of hydrogen-bond acceptors (Lipinski definition) is 4. The molecule has 142 valence electrons. The van der Waals surface area contributed by atoms with Crippen LogP contribution in [0.15, 0.2) is 42.5 Å². The summed E-state index contributed by atoms with van der Waals surface area (Å²) in [5.41, 5.74) is -0.918. The molecule has 0 saturated heterocycles. The second-order valence-electron chi connectivity index (χ2n) is 6.23. The van der Waals surface area contributed by atoms with E-state index in [9.17, 15) is 18.8 Å². The number of carbonyl (C=O) groups is 3. The summed E-state index contributed by atoms with van der Waals surface area (Å²) in [7, 11) is 1.23. The number of anilines is 2. The summed E-state index contributed by atoms with van der Waals surface area (Å²) in [6, 6.07) is 9.57. The number of carbonyl (C=O) groups excluding carboxylic acids is 3. The van der Waals surface area contributed by atoms with Crippen LogP contribution in [0.25, 0.3) is 0 Å². The first-order chi connectivity index (χ1) is 12.6. The normalized spacial score (nSPS) is 10.9. The van der Waals surface area contributed by atoms with E-state index in [1.54, 1.807) is 0 Å². The van der Waals surface area contributed by atoms with E-state index < -0.39 is 29.0 Å². The number of benzene rings is 2. The van der Waals surface area contributed by atoms with Gasteiger partial charge in [-0.05, 0) is 50.2 Å². The van der Waals surface area contributed by atoms with Crippen LogP contribution in [-0.4, -0.2) is 24.9 Å². The van der Waals surface area contributed by atoms with Crippen molar-refractivity contribution >= 4 is 40.8 Å². The van der Waals surface area contributed by atoms with Gasteiger partial charge in [0.25, 0.3) is 0 Å². The van der Waals surface area contributed by atoms with E-state index in [0.29, 0.717) is 0 Å². The molecule has 0 saturated carbocycles. The molecule has 8 heteroatoms. The van der Waals surface area contributed by atoms with Crippen molar-refractivity contribution in [2.24, 2.45) is 5.41 Å². The summed E-state index contributed by atoms with van der Waals surface area (Å²) in [6.07, 6.45) is 0. The van der Waals surface area contributed by atoms with Gasteiger partial charge < -0.3 is 15.4 Å². The molecule has 2 aromatic rings. The average molecular weight is 393 g/mol. The molecule has 0 aliphatic heterocycles. The van der Waals surface area contributed by atoms with Gasteiger partial charge in [0.15, 0.2) is 0 Å². The smallest absolute Gasteiger partial charge is 0.337 e. The van der Waals surface area contributed by atoms with Gasteiger partial charge in [-0.1, -0.05) is 17.7 Å². The minimum absolute atomic E-state index is 0.163. The molecule has 0 bridgehead atoms. The Kier molecular flexibility index (Phi) is 6.17. The molecule has 0 fully saturated rings. The lowest BCUT2D eigenvalue weighted by atomic mass is 9.90. The summed E-state index contributed by atoms with van der Waals surface area (Å²) in [5.74, 6) is -2.39. The molecule has 2 N–H and O–H groups in total. The third-order valence-corrected chi connectivity index (χ3v) is 4.18. The Morgan fingerprint density at radius 1 is 1.04 bits per heavy atom. The maximum Gasteiger partial charge on any atom is 0.337 e. The fourth-order valence-electron chi connectivity index (χ4n) is 2.10. The van der Waals surface area contributed by atoms with Crippen LogP contribution in [0.2, 0.25) is 5.02 Å². The van der Waals surface area contributed by atoms with Gasteiger partial charge in [0.2, 0.25) is 11.8 Å². The highest BCUT2D eigenvalue weighted by atomic mass is 35.5. The summed E-state index contributed by atoms with van der Waals surface area (Å²) in [4.78, 5) is 36.7. The van der Waals surface area contributed by atoms with E-state index in [4.69, 9.17) is 11.6 Å². The van der Waals surface area contributed by atoms with E-state index in [1.807, 2.05) is 0 Å². The van der Waals surface area contributed by atoms with Crippen molar-refractivity contribution in [1.82, 2.24) is 0 Å². The topological polar surface area (TPSA) is 84.5 Å². The van der Waals surface area contributed by atoms with Crippen molar-refractivity contribution in [3.8, 4) is 0 Å². The SMILES string of the molecule is COC(=O)c1ccc(Cl)c(NC(=O)C(C)(C)C(=O)Nc2cccc(F)c2)c1. The number of rotatable bonds is 5.